The molecule has 2 amide bonds. The number of benzene rings is 2. The molecule has 0 radical (unpaired) electrons. The molecule has 0 aliphatic carbocycles. The Morgan fingerprint density at radius 3 is 2.66 bits per heavy atom. The van der Waals surface area contributed by atoms with Crippen molar-refractivity contribution >= 4 is 46.3 Å². The number of para-hydroxylation sites is 1. The van der Waals surface area contributed by atoms with E-state index in [0.29, 0.717) is 23.7 Å². The van der Waals surface area contributed by atoms with Crippen LogP contribution in [-0.2, 0) is 9.59 Å². The quantitative estimate of drug-likeness (QED) is 0.245. The molecule has 2 N–H and O–H groups in total. The van der Waals surface area contributed by atoms with Crippen LogP contribution in [0.4, 0.5) is 10.1 Å². The van der Waals surface area contributed by atoms with E-state index >= 15 is 0 Å². The molecule has 0 fully saturated rings. The number of methoxy groups -OCH3 is 1. The van der Waals surface area contributed by atoms with Crippen molar-refractivity contribution in [3.8, 4) is 11.5 Å². The van der Waals surface area contributed by atoms with Gasteiger partial charge in [-0.1, -0.05) is 12.1 Å². The molecule has 1 atom stereocenters. The van der Waals surface area contributed by atoms with Crippen LogP contribution in [0, 0.1) is 15.3 Å². The summed E-state index contributed by atoms with van der Waals surface area (Å²) in [7, 11) is 1.53. The highest BCUT2D eigenvalue weighted by Crippen LogP contribution is 2.33. The van der Waals surface area contributed by atoms with Crippen LogP contribution in [0.5, 0.6) is 11.5 Å². The van der Waals surface area contributed by atoms with Gasteiger partial charge in [0, 0.05) is 0 Å². The number of nitrogens with one attached hydrogen (secondary N) is 2. The van der Waals surface area contributed by atoms with Gasteiger partial charge in [-0.25, -0.2) is 9.82 Å². The van der Waals surface area contributed by atoms with Gasteiger partial charge in [0.1, 0.15) is 11.7 Å². The molecule has 0 aliphatic rings. The first kappa shape index (κ1) is 22.6. The number of hydrogen-bond donors (Lipinski definition) is 2. The molecular formula is C20H21FIN3O4. The van der Waals surface area contributed by atoms with E-state index in [9.17, 15) is 14.0 Å². The molecule has 0 heterocycles. The van der Waals surface area contributed by atoms with Crippen LogP contribution in [0.2, 0.25) is 0 Å². The van der Waals surface area contributed by atoms with Crippen molar-refractivity contribution in [2.24, 2.45) is 11.0 Å². The Hall–Kier alpha value is -2.69. The van der Waals surface area contributed by atoms with Crippen molar-refractivity contribution < 1.29 is 23.5 Å². The third kappa shape index (κ3) is 6.14. The summed E-state index contributed by atoms with van der Waals surface area (Å²) >= 11 is 2.12. The zero-order valence-electron chi connectivity index (χ0n) is 16.2. The molecule has 0 spiro atoms. The van der Waals surface area contributed by atoms with E-state index in [-0.39, 0.29) is 5.69 Å². The number of hydrogen-bond acceptors (Lipinski definition) is 5. The Labute approximate surface area is 181 Å². The SMILES string of the molecule is CCOc1c(I)cc(C=NNC(=O)C(C)C(=O)Nc2ccccc2F)cc1OC. The van der Waals surface area contributed by atoms with E-state index in [1.807, 2.05) is 13.0 Å². The number of amides is 2. The third-order valence-corrected chi connectivity index (χ3v) is 4.65. The molecule has 2 aromatic rings. The highest BCUT2D eigenvalue weighted by molar-refractivity contribution is 14.1. The lowest BCUT2D eigenvalue weighted by Crippen LogP contribution is -2.34. The maximum absolute atomic E-state index is 13.6. The number of ether oxygens (including phenoxy) is 2. The third-order valence-electron chi connectivity index (χ3n) is 3.85. The van der Waals surface area contributed by atoms with Crippen LogP contribution < -0.4 is 20.2 Å². The zero-order valence-corrected chi connectivity index (χ0v) is 18.3. The second-order valence-corrected chi connectivity index (χ2v) is 7.05. The van der Waals surface area contributed by atoms with Gasteiger partial charge in [-0.15, -0.1) is 0 Å². The lowest BCUT2D eigenvalue weighted by Gasteiger charge is -2.12. The Morgan fingerprint density at radius 2 is 2.00 bits per heavy atom. The van der Waals surface area contributed by atoms with Gasteiger partial charge in [0.15, 0.2) is 11.5 Å². The fraction of sp³-hybridized carbons (Fsp3) is 0.250. The van der Waals surface area contributed by atoms with Gasteiger partial charge >= 0.3 is 0 Å². The Balaban J connectivity index is 2.00. The highest BCUT2D eigenvalue weighted by Gasteiger charge is 2.22. The molecule has 2 aromatic carbocycles. The molecule has 29 heavy (non-hydrogen) atoms. The van der Waals surface area contributed by atoms with Gasteiger partial charge in [-0.05, 0) is 66.3 Å². The summed E-state index contributed by atoms with van der Waals surface area (Å²) in [6.45, 7) is 3.79. The zero-order chi connectivity index (χ0) is 21.4. The van der Waals surface area contributed by atoms with E-state index in [2.05, 4.69) is 38.4 Å². The van der Waals surface area contributed by atoms with Gasteiger partial charge in [-0.2, -0.15) is 5.10 Å². The van der Waals surface area contributed by atoms with Crippen LogP contribution in [0.15, 0.2) is 41.5 Å². The minimum Gasteiger partial charge on any atom is -0.493 e. The molecule has 1 unspecified atom stereocenters. The van der Waals surface area contributed by atoms with Crippen molar-refractivity contribution in [2.75, 3.05) is 19.0 Å². The second kappa shape index (κ2) is 10.7. The minimum absolute atomic E-state index is 0.0108. The highest BCUT2D eigenvalue weighted by atomic mass is 127. The van der Waals surface area contributed by atoms with Crippen molar-refractivity contribution in [2.45, 2.75) is 13.8 Å². The fourth-order valence-electron chi connectivity index (χ4n) is 2.29. The number of anilines is 1. The van der Waals surface area contributed by atoms with E-state index in [1.165, 1.54) is 38.4 Å². The predicted octanol–water partition coefficient (Wildman–Crippen LogP) is 3.56. The molecule has 154 valence electrons. The number of halogens is 2. The summed E-state index contributed by atoms with van der Waals surface area (Å²) in [5.74, 6) is -1.73. The number of rotatable bonds is 8. The first-order valence-electron chi connectivity index (χ1n) is 8.76. The molecule has 0 saturated carbocycles. The summed E-state index contributed by atoms with van der Waals surface area (Å²) in [6.07, 6.45) is 1.43. The lowest BCUT2D eigenvalue weighted by molar-refractivity contribution is -0.131. The van der Waals surface area contributed by atoms with Crippen LogP contribution in [0.1, 0.15) is 19.4 Å². The molecule has 0 saturated heterocycles. The Morgan fingerprint density at radius 1 is 1.28 bits per heavy atom. The fourth-order valence-corrected chi connectivity index (χ4v) is 3.07. The summed E-state index contributed by atoms with van der Waals surface area (Å²) in [6, 6.07) is 9.26. The standard InChI is InChI=1S/C20H21FIN3O4/c1-4-29-18-15(22)9-13(10-17(18)28-3)11-23-25-20(27)12(2)19(26)24-16-8-6-5-7-14(16)21/h5-12H,4H2,1-3H3,(H,24,26)(H,25,27). The molecule has 2 rings (SSSR count). The maximum atomic E-state index is 13.6. The van der Waals surface area contributed by atoms with E-state index in [1.54, 1.807) is 12.1 Å². The second-order valence-electron chi connectivity index (χ2n) is 5.89. The Bertz CT molecular complexity index is 921. The van der Waals surface area contributed by atoms with Crippen molar-refractivity contribution in [1.82, 2.24) is 5.43 Å². The van der Waals surface area contributed by atoms with Crippen LogP contribution in [-0.4, -0.2) is 31.7 Å². The first-order valence-corrected chi connectivity index (χ1v) is 9.83. The molecule has 9 heteroatoms. The van der Waals surface area contributed by atoms with Crippen LogP contribution in [0.25, 0.3) is 0 Å². The van der Waals surface area contributed by atoms with Crippen molar-refractivity contribution in [3.63, 3.8) is 0 Å². The Kier molecular flexibility index (Phi) is 8.37. The number of carbonyl (C=O) groups excluding carboxylic acids is 2. The summed E-state index contributed by atoms with van der Waals surface area (Å²) in [5, 5.41) is 6.27. The lowest BCUT2D eigenvalue weighted by atomic mass is 10.1. The van der Waals surface area contributed by atoms with Gasteiger partial charge in [0.05, 0.1) is 29.2 Å². The maximum Gasteiger partial charge on any atom is 0.252 e. The average molecular weight is 513 g/mol. The number of carbonyl (C=O) groups is 2. The predicted molar refractivity (Wildman–Crippen MR) is 117 cm³/mol. The van der Waals surface area contributed by atoms with Crippen molar-refractivity contribution in [3.05, 3.63) is 51.3 Å². The normalized spacial score (nSPS) is 11.8. The summed E-state index contributed by atoms with van der Waals surface area (Å²) in [5.41, 5.74) is 3.00. The number of hydrazone groups is 1. The first-order chi connectivity index (χ1) is 13.9. The summed E-state index contributed by atoms with van der Waals surface area (Å²) < 4.78 is 25.3. The van der Waals surface area contributed by atoms with E-state index in [4.69, 9.17) is 9.47 Å². The van der Waals surface area contributed by atoms with E-state index < -0.39 is 23.5 Å². The molecule has 7 nitrogen and oxygen atoms in total. The molecular weight excluding hydrogens is 492 g/mol. The largest absolute Gasteiger partial charge is 0.493 e. The van der Waals surface area contributed by atoms with Gasteiger partial charge in [-0.3, -0.25) is 9.59 Å². The van der Waals surface area contributed by atoms with Crippen molar-refractivity contribution in [1.29, 1.82) is 0 Å². The number of nitrogens with zero attached hydrogens (tertiary/aromatic N) is 1. The minimum atomic E-state index is -1.07. The van der Waals surface area contributed by atoms with Gasteiger partial charge in [0.25, 0.3) is 5.91 Å². The monoisotopic (exact) mass is 513 g/mol. The summed E-state index contributed by atoms with van der Waals surface area (Å²) in [4.78, 5) is 24.3. The van der Waals surface area contributed by atoms with Gasteiger partial charge < -0.3 is 14.8 Å². The van der Waals surface area contributed by atoms with Gasteiger partial charge in [0.2, 0.25) is 5.91 Å². The molecule has 0 aliphatic heterocycles. The van der Waals surface area contributed by atoms with Crippen LogP contribution in [0.3, 0.4) is 0 Å². The average Bonchev–Trinajstić information content (AvgIpc) is 2.70. The molecule has 0 bridgehead atoms. The smallest absolute Gasteiger partial charge is 0.252 e. The van der Waals surface area contributed by atoms with E-state index in [0.717, 1.165) is 3.57 Å². The molecule has 0 aromatic heterocycles. The van der Waals surface area contributed by atoms with Crippen LogP contribution >= 0.6 is 22.6 Å². The topological polar surface area (TPSA) is 89.0 Å².